The van der Waals surface area contributed by atoms with E-state index in [4.69, 9.17) is 0 Å². The number of hydrogen-bond donors (Lipinski definition) is 1. The van der Waals surface area contributed by atoms with E-state index in [1.165, 1.54) is 0 Å². The first-order valence-corrected chi connectivity index (χ1v) is 11.5. The van der Waals surface area contributed by atoms with E-state index in [0.717, 1.165) is 22.3 Å². The van der Waals surface area contributed by atoms with Crippen LogP contribution in [0, 0.1) is 11.3 Å². The van der Waals surface area contributed by atoms with Crippen molar-refractivity contribution < 1.29 is 9.90 Å². The smallest absolute Gasteiger partial charge is 0.167 e. The molecule has 2 nitrogen and oxygen atoms in total. The van der Waals surface area contributed by atoms with Crippen LogP contribution in [0.15, 0.2) is 78.9 Å². The molecular formula is C30H34O2. The first kappa shape index (κ1) is 22.5. The topological polar surface area (TPSA) is 37.3 Å². The average Bonchev–Trinajstić information content (AvgIpc) is 2.75. The zero-order valence-electron chi connectivity index (χ0n) is 20.0. The van der Waals surface area contributed by atoms with Crippen LogP contribution in [0.1, 0.15) is 80.1 Å². The number of aliphatic hydroxyl groups is 1. The third-order valence-electron chi connectivity index (χ3n) is 6.93. The molecule has 0 spiro atoms. The summed E-state index contributed by atoms with van der Waals surface area (Å²) < 4.78 is 0. The van der Waals surface area contributed by atoms with Crippen molar-refractivity contribution in [1.82, 2.24) is 0 Å². The minimum absolute atomic E-state index is 0.0984. The molecule has 0 radical (unpaired) electrons. The lowest BCUT2D eigenvalue weighted by molar-refractivity contribution is -0.00468. The molecule has 0 saturated heterocycles. The van der Waals surface area contributed by atoms with Crippen molar-refractivity contribution in [2.45, 2.75) is 58.5 Å². The SMILES string of the molecule is CC(C)(C)c1ccc2c(c1)[C@](O)(c1ccccc1)[C@H](c1ccccc1)[C@@H](C(C)(C)C)C2=O. The van der Waals surface area contributed by atoms with Crippen LogP contribution in [0.3, 0.4) is 0 Å². The Bertz CT molecular complexity index is 1120. The lowest BCUT2D eigenvalue weighted by Crippen LogP contribution is -2.50. The number of rotatable bonds is 2. The Balaban J connectivity index is 2.12. The van der Waals surface area contributed by atoms with Crippen LogP contribution < -0.4 is 0 Å². The first-order valence-electron chi connectivity index (χ1n) is 11.5. The third-order valence-corrected chi connectivity index (χ3v) is 6.93. The highest BCUT2D eigenvalue weighted by molar-refractivity contribution is 6.02. The molecule has 3 aromatic rings. The highest BCUT2D eigenvalue weighted by Crippen LogP contribution is 2.56. The average molecular weight is 427 g/mol. The van der Waals surface area contributed by atoms with Crippen molar-refractivity contribution >= 4 is 5.78 Å². The zero-order valence-corrected chi connectivity index (χ0v) is 20.0. The molecule has 4 rings (SSSR count). The van der Waals surface area contributed by atoms with Gasteiger partial charge in [0.25, 0.3) is 0 Å². The molecule has 0 aromatic heterocycles. The largest absolute Gasteiger partial charge is 0.380 e. The molecule has 0 fully saturated rings. The van der Waals surface area contributed by atoms with Gasteiger partial charge >= 0.3 is 0 Å². The highest BCUT2D eigenvalue weighted by atomic mass is 16.3. The van der Waals surface area contributed by atoms with E-state index in [2.05, 4.69) is 47.6 Å². The van der Waals surface area contributed by atoms with Crippen LogP contribution in [0.25, 0.3) is 0 Å². The number of ketones is 1. The van der Waals surface area contributed by atoms with Crippen LogP contribution in [-0.4, -0.2) is 10.9 Å². The molecule has 1 aliphatic rings. The summed E-state index contributed by atoms with van der Waals surface area (Å²) >= 11 is 0. The fourth-order valence-corrected chi connectivity index (χ4v) is 5.28. The third kappa shape index (κ3) is 3.61. The van der Waals surface area contributed by atoms with Crippen LogP contribution in [0.2, 0.25) is 0 Å². The highest BCUT2D eigenvalue weighted by Gasteiger charge is 2.56. The summed E-state index contributed by atoms with van der Waals surface area (Å²) in [6.45, 7) is 12.8. The second kappa shape index (κ2) is 7.71. The first-order chi connectivity index (χ1) is 15.0. The van der Waals surface area contributed by atoms with E-state index < -0.39 is 11.5 Å². The molecule has 0 unspecified atom stereocenters. The molecule has 0 amide bonds. The Labute approximate surface area is 192 Å². The predicted molar refractivity (Wildman–Crippen MR) is 131 cm³/mol. The Morgan fingerprint density at radius 1 is 0.781 bits per heavy atom. The van der Waals surface area contributed by atoms with E-state index >= 15 is 0 Å². The summed E-state index contributed by atoms with van der Waals surface area (Å²) in [7, 11) is 0. The van der Waals surface area contributed by atoms with Gasteiger partial charge in [0.1, 0.15) is 5.60 Å². The van der Waals surface area contributed by atoms with Crippen molar-refractivity contribution in [2.24, 2.45) is 11.3 Å². The molecule has 3 aromatic carbocycles. The maximum absolute atomic E-state index is 14.0. The Kier molecular flexibility index (Phi) is 5.41. The van der Waals surface area contributed by atoms with Gasteiger partial charge in [-0.25, -0.2) is 0 Å². The minimum atomic E-state index is -1.33. The minimum Gasteiger partial charge on any atom is -0.380 e. The van der Waals surface area contributed by atoms with Crippen LogP contribution >= 0.6 is 0 Å². The zero-order chi connectivity index (χ0) is 23.3. The lowest BCUT2D eigenvalue weighted by atomic mass is 9.54. The quantitative estimate of drug-likeness (QED) is 0.486. The summed E-state index contributed by atoms with van der Waals surface area (Å²) in [6, 6.07) is 26.0. The molecule has 166 valence electrons. The van der Waals surface area contributed by atoms with Gasteiger partial charge in [-0.3, -0.25) is 4.79 Å². The van der Waals surface area contributed by atoms with Crippen LogP contribution in [0.4, 0.5) is 0 Å². The van der Waals surface area contributed by atoms with Crippen molar-refractivity contribution in [3.63, 3.8) is 0 Å². The normalized spacial score (nSPS) is 23.7. The van der Waals surface area contributed by atoms with Crippen LogP contribution in [-0.2, 0) is 11.0 Å². The van der Waals surface area contributed by atoms with Crippen LogP contribution in [0.5, 0.6) is 0 Å². The maximum Gasteiger partial charge on any atom is 0.167 e. The van der Waals surface area contributed by atoms with Gasteiger partial charge in [0.15, 0.2) is 5.78 Å². The number of fused-ring (bicyclic) bond motifs is 1. The van der Waals surface area contributed by atoms with Gasteiger partial charge in [-0.15, -0.1) is 0 Å². The van der Waals surface area contributed by atoms with Crippen molar-refractivity contribution in [2.75, 3.05) is 0 Å². The summed E-state index contributed by atoms with van der Waals surface area (Å²) in [6.07, 6.45) is 0. The van der Waals surface area contributed by atoms with E-state index in [1.54, 1.807) is 0 Å². The molecule has 2 heteroatoms. The second-order valence-electron chi connectivity index (χ2n) is 11.2. The molecule has 0 heterocycles. The monoisotopic (exact) mass is 426 g/mol. The van der Waals surface area contributed by atoms with Gasteiger partial charge in [0.2, 0.25) is 0 Å². The number of benzene rings is 3. The van der Waals surface area contributed by atoms with E-state index in [9.17, 15) is 9.90 Å². The molecule has 0 saturated carbocycles. The Morgan fingerprint density at radius 2 is 1.34 bits per heavy atom. The van der Waals surface area contributed by atoms with Gasteiger partial charge in [0, 0.05) is 17.4 Å². The molecule has 0 aliphatic heterocycles. The standard InChI is InChI=1S/C30H34O2/c1-28(2,3)22-17-18-23-24(19-22)30(32,21-15-11-8-12-16-21)25(20-13-9-7-10-14-20)26(27(23)31)29(4,5)6/h7-19,25-26,32H,1-6H3/t25-,26-,30-/m1/s1. The molecule has 0 bridgehead atoms. The van der Waals surface area contributed by atoms with Crippen molar-refractivity contribution in [1.29, 1.82) is 0 Å². The Morgan fingerprint density at radius 3 is 1.88 bits per heavy atom. The fraction of sp³-hybridized carbons (Fsp3) is 0.367. The van der Waals surface area contributed by atoms with Gasteiger partial charge in [0.05, 0.1) is 0 Å². The van der Waals surface area contributed by atoms with Gasteiger partial charge in [-0.05, 0) is 33.1 Å². The second-order valence-corrected chi connectivity index (χ2v) is 11.2. The van der Waals surface area contributed by atoms with E-state index in [1.807, 2.05) is 72.8 Å². The molecule has 1 N–H and O–H groups in total. The molecule has 3 atom stereocenters. The molecule has 32 heavy (non-hydrogen) atoms. The number of carbonyl (C=O) groups is 1. The molecular weight excluding hydrogens is 392 g/mol. The van der Waals surface area contributed by atoms with E-state index in [-0.39, 0.29) is 22.5 Å². The summed E-state index contributed by atoms with van der Waals surface area (Å²) in [5.74, 6) is -0.660. The summed E-state index contributed by atoms with van der Waals surface area (Å²) in [4.78, 5) is 14.0. The number of Topliss-reactive ketones (excluding diaryl/α,β-unsaturated/α-hetero) is 1. The maximum atomic E-state index is 14.0. The summed E-state index contributed by atoms with van der Waals surface area (Å²) in [5, 5.41) is 12.8. The van der Waals surface area contributed by atoms with Gasteiger partial charge < -0.3 is 5.11 Å². The lowest BCUT2D eigenvalue weighted by Gasteiger charge is -2.50. The number of hydrogen-bond acceptors (Lipinski definition) is 2. The predicted octanol–water partition coefficient (Wildman–Crippen LogP) is 6.86. The van der Waals surface area contributed by atoms with Gasteiger partial charge in [-0.2, -0.15) is 0 Å². The van der Waals surface area contributed by atoms with Gasteiger partial charge in [-0.1, -0.05) is 120 Å². The fourth-order valence-electron chi connectivity index (χ4n) is 5.28. The van der Waals surface area contributed by atoms with Crippen molar-refractivity contribution in [3.8, 4) is 0 Å². The van der Waals surface area contributed by atoms with E-state index in [0.29, 0.717) is 5.56 Å². The number of carbonyl (C=O) groups excluding carboxylic acids is 1. The Hall–Kier alpha value is -2.71. The van der Waals surface area contributed by atoms with Crippen molar-refractivity contribution in [3.05, 3.63) is 107 Å². The molecule has 1 aliphatic carbocycles. The summed E-state index contributed by atoms with van der Waals surface area (Å²) in [5.41, 5.74) is 2.51.